The molecule has 0 fully saturated rings. The van der Waals surface area contributed by atoms with E-state index >= 15 is 0 Å². The molecule has 108 valence electrons. The maximum Gasteiger partial charge on any atom is 0.259 e. The molecule has 21 heavy (non-hydrogen) atoms. The lowest BCUT2D eigenvalue weighted by Gasteiger charge is -2.15. The van der Waals surface area contributed by atoms with E-state index in [1.54, 1.807) is 37.1 Å². The van der Waals surface area contributed by atoms with Crippen LogP contribution < -0.4 is 0 Å². The number of hydrogen-bond donors (Lipinski definition) is 0. The molecule has 5 nitrogen and oxygen atoms in total. The molecule has 3 aromatic rings. The Kier molecular flexibility index (Phi) is 3.47. The maximum absolute atomic E-state index is 12.5. The maximum atomic E-state index is 12.5. The molecule has 0 aliphatic rings. The number of thiazole rings is 1. The quantitative estimate of drug-likeness (QED) is 0.745. The molecule has 0 bridgehead atoms. The van der Waals surface area contributed by atoms with Crippen LogP contribution in [0.25, 0.3) is 10.2 Å². The third-order valence-corrected chi connectivity index (χ3v) is 4.33. The van der Waals surface area contributed by atoms with Crippen LogP contribution in [0.4, 0.5) is 0 Å². The molecule has 0 unspecified atom stereocenters. The predicted octanol–water partition coefficient (Wildman–Crippen LogP) is 3.17. The third-order valence-electron chi connectivity index (χ3n) is 3.30. The van der Waals surface area contributed by atoms with Gasteiger partial charge in [-0.2, -0.15) is 0 Å². The first-order chi connectivity index (χ1) is 10.1. The summed E-state index contributed by atoms with van der Waals surface area (Å²) in [6.07, 6.45) is 0. The average molecular weight is 301 g/mol. The summed E-state index contributed by atoms with van der Waals surface area (Å²) in [5, 5.41) is 4.74. The molecule has 1 aromatic carbocycles. The van der Waals surface area contributed by atoms with Crippen molar-refractivity contribution in [3.8, 4) is 0 Å². The van der Waals surface area contributed by atoms with Crippen LogP contribution in [-0.2, 0) is 6.54 Å². The van der Waals surface area contributed by atoms with Gasteiger partial charge in [0.05, 0.1) is 22.5 Å². The number of carbonyl (C=O) groups is 1. The molecule has 0 saturated carbocycles. The number of fused-ring (bicyclic) bond motifs is 1. The monoisotopic (exact) mass is 301 g/mol. The van der Waals surface area contributed by atoms with Gasteiger partial charge in [-0.25, -0.2) is 4.98 Å². The van der Waals surface area contributed by atoms with Gasteiger partial charge in [-0.15, -0.1) is 11.3 Å². The summed E-state index contributed by atoms with van der Waals surface area (Å²) >= 11 is 1.60. The minimum atomic E-state index is -0.0921. The number of nitrogens with zero attached hydrogens (tertiary/aromatic N) is 3. The summed E-state index contributed by atoms with van der Waals surface area (Å²) in [4.78, 5) is 18.7. The summed E-state index contributed by atoms with van der Waals surface area (Å²) in [5.41, 5.74) is 2.13. The number of benzene rings is 1. The fourth-order valence-corrected chi connectivity index (χ4v) is 3.26. The Morgan fingerprint density at radius 1 is 1.33 bits per heavy atom. The molecule has 0 aliphatic heterocycles. The van der Waals surface area contributed by atoms with Crippen LogP contribution in [0.1, 0.15) is 26.8 Å². The molecule has 0 atom stereocenters. The number of aromatic nitrogens is 2. The van der Waals surface area contributed by atoms with Crippen molar-refractivity contribution in [2.75, 3.05) is 7.05 Å². The molecule has 0 spiro atoms. The first kappa shape index (κ1) is 13.8. The van der Waals surface area contributed by atoms with Gasteiger partial charge in [0, 0.05) is 7.05 Å². The highest BCUT2D eigenvalue weighted by atomic mass is 32.1. The van der Waals surface area contributed by atoms with E-state index in [1.807, 2.05) is 24.3 Å². The molecule has 2 heterocycles. The van der Waals surface area contributed by atoms with E-state index in [0.717, 1.165) is 15.2 Å². The zero-order valence-corrected chi connectivity index (χ0v) is 12.9. The first-order valence-electron chi connectivity index (χ1n) is 6.59. The number of para-hydroxylation sites is 1. The number of rotatable bonds is 3. The Morgan fingerprint density at radius 3 is 2.76 bits per heavy atom. The number of amides is 1. The molecule has 0 aliphatic carbocycles. The van der Waals surface area contributed by atoms with Crippen molar-refractivity contribution in [1.29, 1.82) is 0 Å². The fraction of sp³-hybridized carbons (Fsp3) is 0.267. The molecular weight excluding hydrogens is 286 g/mol. The lowest BCUT2D eigenvalue weighted by Crippen LogP contribution is -2.27. The van der Waals surface area contributed by atoms with Crippen molar-refractivity contribution < 1.29 is 9.32 Å². The molecule has 0 saturated heterocycles. The van der Waals surface area contributed by atoms with Gasteiger partial charge in [-0.3, -0.25) is 4.79 Å². The minimum Gasteiger partial charge on any atom is -0.361 e. The Morgan fingerprint density at radius 2 is 2.10 bits per heavy atom. The van der Waals surface area contributed by atoms with E-state index in [1.165, 1.54) is 0 Å². The van der Waals surface area contributed by atoms with Gasteiger partial charge in [0.1, 0.15) is 16.3 Å². The first-order valence-corrected chi connectivity index (χ1v) is 7.40. The molecular formula is C15H15N3O2S. The molecule has 0 radical (unpaired) electrons. The van der Waals surface area contributed by atoms with Crippen LogP contribution in [-0.4, -0.2) is 28.0 Å². The fourth-order valence-electron chi connectivity index (χ4n) is 2.24. The summed E-state index contributed by atoms with van der Waals surface area (Å²) < 4.78 is 6.18. The lowest BCUT2D eigenvalue weighted by molar-refractivity contribution is 0.0782. The van der Waals surface area contributed by atoms with E-state index in [-0.39, 0.29) is 5.91 Å². The SMILES string of the molecule is Cc1noc(C)c1C(=O)N(C)Cc1nc2ccccc2s1. The van der Waals surface area contributed by atoms with E-state index in [2.05, 4.69) is 10.1 Å². The molecule has 2 aromatic heterocycles. The van der Waals surface area contributed by atoms with Crippen LogP contribution in [0.15, 0.2) is 28.8 Å². The minimum absolute atomic E-state index is 0.0921. The molecule has 6 heteroatoms. The van der Waals surface area contributed by atoms with Crippen LogP contribution >= 0.6 is 11.3 Å². The van der Waals surface area contributed by atoms with Crippen molar-refractivity contribution in [3.63, 3.8) is 0 Å². The van der Waals surface area contributed by atoms with E-state index in [4.69, 9.17) is 4.52 Å². The highest BCUT2D eigenvalue weighted by Crippen LogP contribution is 2.23. The third kappa shape index (κ3) is 2.54. The summed E-state index contributed by atoms with van der Waals surface area (Å²) in [6, 6.07) is 7.96. The van der Waals surface area contributed by atoms with Crippen LogP contribution in [0.2, 0.25) is 0 Å². The van der Waals surface area contributed by atoms with Gasteiger partial charge in [0.15, 0.2) is 0 Å². The molecule has 0 N–H and O–H groups in total. The second kappa shape index (κ2) is 5.29. The average Bonchev–Trinajstić information content (AvgIpc) is 3.01. The predicted molar refractivity (Wildman–Crippen MR) is 81.4 cm³/mol. The summed E-state index contributed by atoms with van der Waals surface area (Å²) in [6.45, 7) is 4.00. The smallest absolute Gasteiger partial charge is 0.259 e. The van der Waals surface area contributed by atoms with Crippen molar-refractivity contribution >= 4 is 27.5 Å². The summed E-state index contributed by atoms with van der Waals surface area (Å²) in [5.74, 6) is 0.458. The Bertz CT molecular complexity index is 754. The zero-order chi connectivity index (χ0) is 15.0. The van der Waals surface area contributed by atoms with Crippen molar-refractivity contribution in [2.45, 2.75) is 20.4 Å². The van der Waals surface area contributed by atoms with Gasteiger partial charge in [0.25, 0.3) is 5.91 Å². The van der Waals surface area contributed by atoms with Crippen LogP contribution in [0, 0.1) is 13.8 Å². The number of hydrogen-bond acceptors (Lipinski definition) is 5. The highest BCUT2D eigenvalue weighted by molar-refractivity contribution is 7.18. The number of carbonyl (C=O) groups excluding carboxylic acids is 1. The largest absolute Gasteiger partial charge is 0.361 e. The molecule has 1 amide bonds. The van der Waals surface area contributed by atoms with E-state index in [9.17, 15) is 4.79 Å². The van der Waals surface area contributed by atoms with Gasteiger partial charge >= 0.3 is 0 Å². The van der Waals surface area contributed by atoms with Gasteiger partial charge < -0.3 is 9.42 Å². The van der Waals surface area contributed by atoms with Crippen molar-refractivity contribution in [3.05, 3.63) is 46.3 Å². The highest BCUT2D eigenvalue weighted by Gasteiger charge is 2.21. The van der Waals surface area contributed by atoms with E-state index < -0.39 is 0 Å². The van der Waals surface area contributed by atoms with Crippen LogP contribution in [0.3, 0.4) is 0 Å². The van der Waals surface area contributed by atoms with E-state index in [0.29, 0.717) is 23.6 Å². The standard InChI is InChI=1S/C15H15N3O2S/c1-9-14(10(2)20-17-9)15(19)18(3)8-13-16-11-6-4-5-7-12(11)21-13/h4-7H,8H2,1-3H3. The van der Waals surface area contributed by atoms with Crippen molar-refractivity contribution in [1.82, 2.24) is 15.0 Å². The second-order valence-corrected chi connectivity index (χ2v) is 6.05. The normalized spacial score (nSPS) is 11.0. The van der Waals surface area contributed by atoms with Crippen molar-refractivity contribution in [2.24, 2.45) is 0 Å². The second-order valence-electron chi connectivity index (χ2n) is 4.94. The summed E-state index contributed by atoms with van der Waals surface area (Å²) in [7, 11) is 1.76. The molecule has 3 rings (SSSR count). The number of aryl methyl sites for hydroxylation is 2. The van der Waals surface area contributed by atoms with Crippen LogP contribution in [0.5, 0.6) is 0 Å². The van der Waals surface area contributed by atoms with Gasteiger partial charge in [0.2, 0.25) is 0 Å². The zero-order valence-electron chi connectivity index (χ0n) is 12.1. The Labute approximate surface area is 126 Å². The topological polar surface area (TPSA) is 59.2 Å². The Hall–Kier alpha value is -2.21. The van der Waals surface area contributed by atoms with Gasteiger partial charge in [-0.1, -0.05) is 17.3 Å². The Balaban J connectivity index is 1.82. The van der Waals surface area contributed by atoms with Gasteiger partial charge in [-0.05, 0) is 26.0 Å². The lowest BCUT2D eigenvalue weighted by atomic mass is 10.2.